The highest BCUT2D eigenvalue weighted by Gasteiger charge is 2.33. The normalized spacial score (nSPS) is 25.7. The third kappa shape index (κ3) is 3.00. The van der Waals surface area contributed by atoms with Gasteiger partial charge < -0.3 is 9.84 Å². The van der Waals surface area contributed by atoms with E-state index in [1.165, 1.54) is 4.31 Å². The number of aliphatic hydroxyl groups is 1. The van der Waals surface area contributed by atoms with Gasteiger partial charge in [-0.25, -0.2) is 8.42 Å². The predicted molar refractivity (Wildman–Crippen MR) is 73.7 cm³/mol. The minimum Gasteiger partial charge on any atom is -0.391 e. The summed E-state index contributed by atoms with van der Waals surface area (Å²) in [6, 6.07) is 1.64. The van der Waals surface area contributed by atoms with Crippen LogP contribution in [0, 0.1) is 6.92 Å². The lowest BCUT2D eigenvalue weighted by molar-refractivity contribution is -0.0440. The number of aliphatic hydroxyl groups excluding tert-OH is 1. The minimum absolute atomic E-state index is 0.100. The smallest absolute Gasteiger partial charge is 0.252 e. The third-order valence-electron chi connectivity index (χ3n) is 3.12. The van der Waals surface area contributed by atoms with Crippen molar-refractivity contribution in [3.05, 3.63) is 16.5 Å². The molecule has 1 fully saturated rings. The molecule has 5 nitrogen and oxygen atoms in total. The monoisotopic (exact) mass is 305 g/mol. The first-order chi connectivity index (χ1) is 8.84. The number of nitrogens with zero attached hydrogens (tertiary/aromatic N) is 1. The van der Waals surface area contributed by atoms with E-state index < -0.39 is 10.0 Å². The molecule has 7 heteroatoms. The molecule has 1 aromatic heterocycles. The number of thiophene rings is 1. The lowest BCUT2D eigenvalue weighted by atomic mass is 10.3. The summed E-state index contributed by atoms with van der Waals surface area (Å²) in [5.74, 6) is 0. The van der Waals surface area contributed by atoms with Gasteiger partial charge in [-0.1, -0.05) is 0 Å². The SMILES string of the molecule is Cc1cc(S(=O)(=O)N2CC(C)OC(C)C2)sc1CO. The molecular formula is C12H19NO4S2. The van der Waals surface area contributed by atoms with Crippen LogP contribution < -0.4 is 0 Å². The van der Waals surface area contributed by atoms with Gasteiger partial charge in [-0.15, -0.1) is 11.3 Å². The molecule has 0 aromatic carbocycles. The zero-order valence-corrected chi connectivity index (χ0v) is 12.9. The van der Waals surface area contributed by atoms with E-state index >= 15 is 0 Å². The Hall–Kier alpha value is -0.470. The van der Waals surface area contributed by atoms with Gasteiger partial charge in [-0.3, -0.25) is 0 Å². The van der Waals surface area contributed by atoms with Crippen LogP contribution in [0.3, 0.4) is 0 Å². The summed E-state index contributed by atoms with van der Waals surface area (Å²) in [6.07, 6.45) is -0.200. The van der Waals surface area contributed by atoms with Gasteiger partial charge in [0.15, 0.2) is 0 Å². The Morgan fingerprint density at radius 1 is 1.42 bits per heavy atom. The Bertz CT molecular complexity index is 542. The van der Waals surface area contributed by atoms with Gasteiger partial charge in [-0.2, -0.15) is 4.31 Å². The topological polar surface area (TPSA) is 66.8 Å². The van der Waals surface area contributed by atoms with Gasteiger partial charge >= 0.3 is 0 Å². The van der Waals surface area contributed by atoms with E-state index in [2.05, 4.69) is 0 Å². The van der Waals surface area contributed by atoms with Crippen molar-refractivity contribution in [1.29, 1.82) is 0 Å². The Morgan fingerprint density at radius 2 is 2.00 bits per heavy atom. The second kappa shape index (κ2) is 5.49. The van der Waals surface area contributed by atoms with Gasteiger partial charge in [0, 0.05) is 18.0 Å². The molecule has 0 amide bonds. The number of morpholine rings is 1. The highest BCUT2D eigenvalue weighted by atomic mass is 32.2. The highest BCUT2D eigenvalue weighted by Crippen LogP contribution is 2.29. The van der Waals surface area contributed by atoms with Gasteiger partial charge in [0.2, 0.25) is 0 Å². The molecule has 0 aliphatic carbocycles. The van der Waals surface area contributed by atoms with E-state index in [9.17, 15) is 13.5 Å². The summed E-state index contributed by atoms with van der Waals surface area (Å²) in [5, 5.41) is 9.17. The lowest BCUT2D eigenvalue weighted by Gasteiger charge is -2.34. The second-order valence-corrected chi connectivity index (χ2v) is 8.21. The molecule has 0 spiro atoms. The summed E-state index contributed by atoms with van der Waals surface area (Å²) in [7, 11) is -3.48. The van der Waals surface area contributed by atoms with E-state index in [-0.39, 0.29) is 18.8 Å². The van der Waals surface area contributed by atoms with E-state index in [1.54, 1.807) is 6.07 Å². The van der Waals surface area contributed by atoms with Crippen molar-refractivity contribution in [2.45, 2.75) is 43.8 Å². The van der Waals surface area contributed by atoms with Crippen molar-refractivity contribution in [2.24, 2.45) is 0 Å². The highest BCUT2D eigenvalue weighted by molar-refractivity contribution is 7.91. The fraction of sp³-hybridized carbons (Fsp3) is 0.667. The quantitative estimate of drug-likeness (QED) is 0.915. The van der Waals surface area contributed by atoms with Crippen molar-refractivity contribution in [2.75, 3.05) is 13.1 Å². The minimum atomic E-state index is -3.48. The van der Waals surface area contributed by atoms with Crippen LogP contribution in [-0.4, -0.2) is 43.1 Å². The van der Waals surface area contributed by atoms with Crippen molar-refractivity contribution < 1.29 is 18.3 Å². The van der Waals surface area contributed by atoms with E-state index in [1.807, 2.05) is 20.8 Å². The average molecular weight is 305 g/mol. The van der Waals surface area contributed by atoms with Crippen LogP contribution in [0.4, 0.5) is 0 Å². The fourth-order valence-corrected chi connectivity index (χ4v) is 5.42. The molecule has 1 aliphatic rings. The summed E-state index contributed by atoms with van der Waals surface area (Å²) in [6.45, 7) is 6.18. The Morgan fingerprint density at radius 3 is 2.47 bits per heavy atom. The van der Waals surface area contributed by atoms with Gasteiger partial charge in [0.25, 0.3) is 10.0 Å². The molecule has 108 valence electrons. The van der Waals surface area contributed by atoms with Crippen molar-refractivity contribution in [3.8, 4) is 0 Å². The first-order valence-corrected chi connectivity index (χ1v) is 8.46. The number of sulfonamides is 1. The van der Waals surface area contributed by atoms with Crippen LogP contribution in [0.5, 0.6) is 0 Å². The fourth-order valence-electron chi connectivity index (χ4n) is 2.23. The van der Waals surface area contributed by atoms with Crippen molar-refractivity contribution in [1.82, 2.24) is 4.31 Å². The summed E-state index contributed by atoms with van der Waals surface area (Å²) < 4.78 is 32.4. The first-order valence-electron chi connectivity index (χ1n) is 6.20. The van der Waals surface area contributed by atoms with Crippen LogP contribution in [-0.2, 0) is 21.4 Å². The zero-order valence-electron chi connectivity index (χ0n) is 11.3. The standard InChI is InChI=1S/C12H19NO4S2/c1-8-4-12(18-11(8)7-14)19(15,16)13-5-9(2)17-10(3)6-13/h4,9-10,14H,5-7H2,1-3H3. The van der Waals surface area contributed by atoms with E-state index in [4.69, 9.17) is 4.74 Å². The van der Waals surface area contributed by atoms with Crippen LogP contribution in [0.2, 0.25) is 0 Å². The molecule has 1 aliphatic heterocycles. The van der Waals surface area contributed by atoms with Crippen molar-refractivity contribution in [3.63, 3.8) is 0 Å². The molecule has 2 atom stereocenters. The summed E-state index contributed by atoms with van der Waals surface area (Å²) in [5.41, 5.74) is 0.820. The average Bonchev–Trinajstić information content (AvgIpc) is 2.70. The van der Waals surface area contributed by atoms with Crippen LogP contribution in [0.15, 0.2) is 10.3 Å². The molecule has 0 saturated carbocycles. The molecule has 2 unspecified atom stereocenters. The molecule has 1 saturated heterocycles. The molecular weight excluding hydrogens is 286 g/mol. The van der Waals surface area contributed by atoms with Crippen LogP contribution >= 0.6 is 11.3 Å². The number of hydrogen-bond donors (Lipinski definition) is 1. The maximum absolute atomic E-state index is 12.6. The van der Waals surface area contributed by atoms with Gasteiger partial charge in [-0.05, 0) is 32.4 Å². The van der Waals surface area contributed by atoms with Crippen LogP contribution in [0.1, 0.15) is 24.3 Å². The maximum atomic E-state index is 12.6. The van der Waals surface area contributed by atoms with Gasteiger partial charge in [0.1, 0.15) is 4.21 Å². The molecule has 1 aromatic rings. The second-order valence-electron chi connectivity index (χ2n) is 4.91. The number of aryl methyl sites for hydroxylation is 1. The summed E-state index contributed by atoms with van der Waals surface area (Å²) in [4.78, 5) is 0.702. The Balaban J connectivity index is 2.30. The molecule has 0 radical (unpaired) electrons. The third-order valence-corrected chi connectivity index (χ3v) is 6.62. The number of hydrogen-bond acceptors (Lipinski definition) is 5. The molecule has 19 heavy (non-hydrogen) atoms. The zero-order chi connectivity index (χ0) is 14.2. The molecule has 2 rings (SSSR count). The maximum Gasteiger partial charge on any atom is 0.252 e. The van der Waals surface area contributed by atoms with E-state index in [0.29, 0.717) is 22.2 Å². The van der Waals surface area contributed by atoms with Crippen molar-refractivity contribution >= 4 is 21.4 Å². The molecule has 2 heterocycles. The number of rotatable bonds is 3. The van der Waals surface area contributed by atoms with Crippen LogP contribution in [0.25, 0.3) is 0 Å². The Labute approximate surface area is 117 Å². The Kier molecular flexibility index (Phi) is 4.32. The lowest BCUT2D eigenvalue weighted by Crippen LogP contribution is -2.47. The predicted octanol–water partition coefficient (Wildman–Crippen LogP) is 1.35. The van der Waals surface area contributed by atoms with Gasteiger partial charge in [0.05, 0.1) is 18.8 Å². The largest absolute Gasteiger partial charge is 0.391 e. The first kappa shape index (κ1) is 14.9. The summed E-state index contributed by atoms with van der Waals surface area (Å²) >= 11 is 1.14. The molecule has 0 bridgehead atoms. The van der Waals surface area contributed by atoms with E-state index in [0.717, 1.165) is 16.9 Å². The molecule has 1 N–H and O–H groups in total. The number of ether oxygens (including phenoxy) is 1.